The van der Waals surface area contributed by atoms with E-state index in [4.69, 9.17) is 10.8 Å². The van der Waals surface area contributed by atoms with Crippen molar-refractivity contribution in [3.8, 4) is 0 Å². The molecule has 166 valence electrons. The molecular weight excluding hydrogens is 432 g/mol. The Morgan fingerprint density at radius 2 is 1.75 bits per heavy atom. The summed E-state index contributed by atoms with van der Waals surface area (Å²) in [6.45, 7) is -0.149. The maximum Gasteiger partial charge on any atom is 0.404 e. The molecule has 3 aromatic rings. The maximum absolute atomic E-state index is 12.1. The van der Waals surface area contributed by atoms with Gasteiger partial charge in [-0.1, -0.05) is 42.5 Å². The number of aromatic nitrogens is 1. The van der Waals surface area contributed by atoms with Gasteiger partial charge < -0.3 is 26.6 Å². The van der Waals surface area contributed by atoms with Gasteiger partial charge in [-0.3, -0.25) is 9.59 Å². The van der Waals surface area contributed by atoms with Crippen molar-refractivity contribution >= 4 is 39.9 Å². The summed E-state index contributed by atoms with van der Waals surface area (Å²) in [6, 6.07) is 15.7. The zero-order valence-electron chi connectivity index (χ0n) is 16.9. The van der Waals surface area contributed by atoms with Crippen LogP contribution in [0.15, 0.2) is 60.0 Å². The molecule has 2 aromatic carbocycles. The average molecular weight is 455 g/mol. The van der Waals surface area contributed by atoms with Gasteiger partial charge in [-0.25, -0.2) is 9.78 Å². The van der Waals surface area contributed by atoms with Gasteiger partial charge in [0, 0.05) is 11.1 Å². The minimum Gasteiger partial charge on any atom is -0.465 e. The van der Waals surface area contributed by atoms with E-state index in [1.807, 2.05) is 6.07 Å². The van der Waals surface area contributed by atoms with E-state index in [1.54, 1.807) is 48.5 Å². The van der Waals surface area contributed by atoms with Crippen LogP contribution >= 0.6 is 11.3 Å². The molecule has 3 rings (SSSR count). The topological polar surface area (TPSA) is 155 Å². The Bertz CT molecular complexity index is 1100. The van der Waals surface area contributed by atoms with E-state index >= 15 is 0 Å². The third kappa shape index (κ3) is 5.90. The first-order valence-electron chi connectivity index (χ1n) is 9.67. The van der Waals surface area contributed by atoms with Crippen molar-refractivity contribution in [2.75, 3.05) is 17.6 Å². The molecule has 10 heteroatoms. The summed E-state index contributed by atoms with van der Waals surface area (Å²) in [5, 5.41) is 26.4. The van der Waals surface area contributed by atoms with Crippen molar-refractivity contribution < 1.29 is 24.6 Å². The quantitative estimate of drug-likeness (QED) is 0.246. The summed E-state index contributed by atoms with van der Waals surface area (Å²) in [5.41, 5.74) is 6.01. The van der Waals surface area contributed by atoms with E-state index in [-0.39, 0.29) is 23.8 Å². The first-order valence-corrected chi connectivity index (χ1v) is 10.5. The normalized spacial score (nSPS) is 12.5. The molecule has 0 bridgehead atoms. The number of nitrogen functional groups attached to an aromatic ring is 1. The number of ketones is 1. The second-order valence-corrected chi connectivity index (χ2v) is 8.00. The average Bonchev–Trinajstić information content (AvgIpc) is 3.23. The second kappa shape index (κ2) is 10.0. The highest BCUT2D eigenvalue weighted by Crippen LogP contribution is 2.26. The van der Waals surface area contributed by atoms with E-state index in [0.717, 1.165) is 16.9 Å². The lowest BCUT2D eigenvalue weighted by Crippen LogP contribution is -2.40. The van der Waals surface area contributed by atoms with Crippen LogP contribution in [0.2, 0.25) is 0 Å². The summed E-state index contributed by atoms with van der Waals surface area (Å²) in [6.07, 6.45) is -0.487. The standard InChI is InChI=1S/C22H22N4O5S/c23-20-26-17(12-32-20)18(27)19(28)25-16-8-6-14(7-9-16)10-11-22(31,13-24-21(29)30)15-4-2-1-3-5-15/h1-9,12,24,31H,10-11,13H2,(H2,23,26)(H,25,28)(H,29,30). The van der Waals surface area contributed by atoms with Crippen molar-refractivity contribution in [1.82, 2.24) is 10.3 Å². The summed E-state index contributed by atoms with van der Waals surface area (Å²) < 4.78 is 0. The Hall–Kier alpha value is -3.76. The third-order valence-corrected chi connectivity index (χ3v) is 5.52. The number of thiazole rings is 1. The first kappa shape index (κ1) is 22.9. The molecule has 0 aliphatic carbocycles. The van der Waals surface area contributed by atoms with Crippen LogP contribution in [0, 0.1) is 0 Å². The molecule has 0 radical (unpaired) electrons. The molecule has 1 aromatic heterocycles. The lowest BCUT2D eigenvalue weighted by atomic mass is 9.87. The monoisotopic (exact) mass is 454 g/mol. The number of amides is 2. The smallest absolute Gasteiger partial charge is 0.404 e. The van der Waals surface area contributed by atoms with Crippen molar-refractivity contribution in [3.05, 3.63) is 76.8 Å². The van der Waals surface area contributed by atoms with Crippen LogP contribution < -0.4 is 16.4 Å². The predicted octanol–water partition coefficient (Wildman–Crippen LogP) is 2.63. The third-order valence-electron chi connectivity index (χ3n) is 4.84. The van der Waals surface area contributed by atoms with Crippen molar-refractivity contribution in [1.29, 1.82) is 0 Å². The number of nitrogens with one attached hydrogen (secondary N) is 2. The fourth-order valence-corrected chi connectivity index (χ4v) is 3.65. The molecule has 0 saturated heterocycles. The van der Waals surface area contributed by atoms with Crippen LogP contribution in [0.3, 0.4) is 0 Å². The Kier molecular flexibility index (Phi) is 7.18. The number of aliphatic hydroxyl groups is 1. The number of Topliss-reactive ketones (excluding diaryl/α,β-unsaturated/α-hetero) is 1. The highest BCUT2D eigenvalue weighted by atomic mass is 32.1. The number of rotatable bonds is 9. The number of hydrogen-bond acceptors (Lipinski definition) is 7. The Balaban J connectivity index is 1.63. The molecule has 6 N–H and O–H groups in total. The number of benzene rings is 2. The van der Waals surface area contributed by atoms with E-state index in [9.17, 15) is 19.5 Å². The molecule has 9 nitrogen and oxygen atoms in total. The van der Waals surface area contributed by atoms with Gasteiger partial charge in [-0.2, -0.15) is 0 Å². The number of anilines is 2. The molecule has 1 unspecified atom stereocenters. The molecule has 2 amide bonds. The number of nitrogens with zero attached hydrogens (tertiary/aromatic N) is 1. The molecule has 0 saturated carbocycles. The maximum atomic E-state index is 12.1. The van der Waals surface area contributed by atoms with Gasteiger partial charge in [0.25, 0.3) is 11.7 Å². The Labute approximate surface area is 187 Å². The first-order chi connectivity index (χ1) is 15.3. The van der Waals surface area contributed by atoms with E-state index in [2.05, 4.69) is 15.6 Å². The van der Waals surface area contributed by atoms with Gasteiger partial charge in [0.05, 0.1) is 6.54 Å². The second-order valence-electron chi connectivity index (χ2n) is 7.11. The number of carboxylic acid groups (broad SMARTS) is 1. The lowest BCUT2D eigenvalue weighted by molar-refractivity contribution is -0.112. The van der Waals surface area contributed by atoms with Crippen LogP contribution in [0.4, 0.5) is 15.6 Å². The van der Waals surface area contributed by atoms with Crippen LogP contribution in [-0.2, 0) is 16.8 Å². The molecular formula is C22H22N4O5S. The summed E-state index contributed by atoms with van der Waals surface area (Å²) in [5.74, 6) is -1.60. The van der Waals surface area contributed by atoms with E-state index in [1.165, 1.54) is 5.38 Å². The molecule has 1 heterocycles. The molecule has 32 heavy (non-hydrogen) atoms. The van der Waals surface area contributed by atoms with Gasteiger partial charge in [0.1, 0.15) is 11.3 Å². The van der Waals surface area contributed by atoms with Gasteiger partial charge >= 0.3 is 6.09 Å². The highest BCUT2D eigenvalue weighted by molar-refractivity contribution is 7.13. The molecule has 0 aliphatic rings. The van der Waals surface area contributed by atoms with Gasteiger partial charge in [0.15, 0.2) is 5.13 Å². The summed E-state index contributed by atoms with van der Waals surface area (Å²) >= 11 is 1.08. The minimum absolute atomic E-state index is 0.00297. The number of carbonyl (C=O) groups excluding carboxylic acids is 2. The Morgan fingerprint density at radius 3 is 2.34 bits per heavy atom. The Morgan fingerprint density at radius 1 is 1.06 bits per heavy atom. The zero-order chi connectivity index (χ0) is 23.1. The van der Waals surface area contributed by atoms with E-state index < -0.39 is 23.4 Å². The molecule has 0 spiro atoms. The SMILES string of the molecule is Nc1nc(C(=O)C(=O)Nc2ccc(CCC(O)(CNC(=O)O)c3ccccc3)cc2)cs1. The van der Waals surface area contributed by atoms with Crippen molar-refractivity contribution in [2.24, 2.45) is 0 Å². The number of carbonyl (C=O) groups is 3. The molecule has 0 aliphatic heterocycles. The highest BCUT2D eigenvalue weighted by Gasteiger charge is 2.29. The van der Waals surface area contributed by atoms with Crippen molar-refractivity contribution in [3.63, 3.8) is 0 Å². The van der Waals surface area contributed by atoms with Crippen LogP contribution in [0.5, 0.6) is 0 Å². The fourth-order valence-electron chi connectivity index (χ4n) is 3.11. The van der Waals surface area contributed by atoms with Gasteiger partial charge in [-0.15, -0.1) is 11.3 Å². The van der Waals surface area contributed by atoms with Crippen LogP contribution in [0.1, 0.15) is 28.0 Å². The largest absolute Gasteiger partial charge is 0.465 e. The van der Waals surface area contributed by atoms with Crippen molar-refractivity contribution in [2.45, 2.75) is 18.4 Å². The molecule has 1 atom stereocenters. The minimum atomic E-state index is -1.38. The van der Waals surface area contributed by atoms with Gasteiger partial charge in [-0.05, 0) is 36.1 Å². The fraction of sp³-hybridized carbons (Fsp3) is 0.182. The number of aryl methyl sites for hydroxylation is 1. The van der Waals surface area contributed by atoms with Gasteiger partial charge in [0.2, 0.25) is 0 Å². The number of hydrogen-bond donors (Lipinski definition) is 5. The van der Waals surface area contributed by atoms with Crippen LogP contribution in [0.25, 0.3) is 0 Å². The lowest BCUT2D eigenvalue weighted by Gasteiger charge is -2.28. The zero-order valence-corrected chi connectivity index (χ0v) is 17.8. The summed E-state index contributed by atoms with van der Waals surface area (Å²) in [4.78, 5) is 38.9. The van der Waals surface area contributed by atoms with E-state index in [0.29, 0.717) is 17.7 Å². The summed E-state index contributed by atoms with van der Waals surface area (Å²) in [7, 11) is 0. The van der Waals surface area contributed by atoms with Crippen LogP contribution in [-0.4, -0.2) is 39.5 Å². The number of nitrogens with two attached hydrogens (primary N) is 1. The molecule has 0 fully saturated rings. The predicted molar refractivity (Wildman–Crippen MR) is 121 cm³/mol.